The third-order valence-electron chi connectivity index (χ3n) is 3.21. The van der Waals surface area contributed by atoms with Crippen molar-refractivity contribution in [2.75, 3.05) is 32.1 Å². The second-order valence-electron chi connectivity index (χ2n) is 4.65. The van der Waals surface area contributed by atoms with Gasteiger partial charge < -0.3 is 9.80 Å². The molecule has 1 aliphatic rings. The molecule has 1 aromatic heterocycles. The van der Waals surface area contributed by atoms with Gasteiger partial charge in [0.2, 0.25) is 0 Å². The highest BCUT2D eigenvalue weighted by molar-refractivity contribution is 6.29. The minimum atomic E-state index is 0.457. The Morgan fingerprint density at radius 1 is 1.44 bits per heavy atom. The molecule has 1 fully saturated rings. The van der Waals surface area contributed by atoms with Crippen molar-refractivity contribution in [2.45, 2.75) is 13.0 Å². The minimum absolute atomic E-state index is 0.457. The van der Waals surface area contributed by atoms with Gasteiger partial charge in [0.1, 0.15) is 0 Å². The Bertz CT molecular complexity index is 369. The van der Waals surface area contributed by atoms with Gasteiger partial charge in [-0.15, -0.1) is 5.10 Å². The second-order valence-corrected chi connectivity index (χ2v) is 5.04. The molecular formula is C11H17ClN4. The molecule has 16 heavy (non-hydrogen) atoms. The van der Waals surface area contributed by atoms with Gasteiger partial charge in [-0.05, 0) is 20.0 Å². The smallest absolute Gasteiger partial charge is 0.153 e. The second kappa shape index (κ2) is 4.55. The third kappa shape index (κ3) is 2.28. The van der Waals surface area contributed by atoms with Crippen LogP contribution in [0, 0.1) is 5.92 Å². The van der Waals surface area contributed by atoms with Crippen LogP contribution in [0.25, 0.3) is 0 Å². The number of hydrogen-bond acceptors (Lipinski definition) is 4. The number of halogens is 1. The van der Waals surface area contributed by atoms with Gasteiger partial charge in [-0.3, -0.25) is 0 Å². The topological polar surface area (TPSA) is 32.3 Å². The van der Waals surface area contributed by atoms with Crippen molar-refractivity contribution in [3.05, 3.63) is 17.4 Å². The molecule has 2 rings (SSSR count). The quantitative estimate of drug-likeness (QED) is 0.785. The monoisotopic (exact) mass is 240 g/mol. The van der Waals surface area contributed by atoms with E-state index in [4.69, 9.17) is 11.6 Å². The summed E-state index contributed by atoms with van der Waals surface area (Å²) in [6.07, 6.45) is 1.77. The molecule has 2 atom stereocenters. The van der Waals surface area contributed by atoms with E-state index in [1.165, 1.54) is 0 Å². The molecule has 0 N–H and O–H groups in total. The molecule has 0 bridgehead atoms. The maximum absolute atomic E-state index is 5.85. The van der Waals surface area contributed by atoms with Gasteiger partial charge in [-0.1, -0.05) is 18.5 Å². The Morgan fingerprint density at radius 3 is 2.75 bits per heavy atom. The standard InChI is InChI=1S/C11H17ClN4/c1-8-6-16(7-10(8)15(2)3)9-4-11(12)14-13-5-9/h4-5,8,10H,6-7H2,1-3H3. The van der Waals surface area contributed by atoms with Crippen LogP contribution in [0.15, 0.2) is 12.3 Å². The lowest BCUT2D eigenvalue weighted by Crippen LogP contribution is -2.34. The van der Waals surface area contributed by atoms with Crippen molar-refractivity contribution in [3.63, 3.8) is 0 Å². The highest BCUT2D eigenvalue weighted by Gasteiger charge is 2.31. The van der Waals surface area contributed by atoms with Gasteiger partial charge in [-0.25, -0.2) is 0 Å². The van der Waals surface area contributed by atoms with Crippen molar-refractivity contribution >= 4 is 17.3 Å². The van der Waals surface area contributed by atoms with Gasteiger partial charge in [0.05, 0.1) is 11.9 Å². The molecule has 1 saturated heterocycles. The van der Waals surface area contributed by atoms with E-state index in [1.807, 2.05) is 6.07 Å². The minimum Gasteiger partial charge on any atom is -0.368 e. The molecule has 0 spiro atoms. The van der Waals surface area contributed by atoms with Crippen LogP contribution in [0.5, 0.6) is 0 Å². The molecule has 4 nitrogen and oxygen atoms in total. The molecule has 88 valence electrons. The van der Waals surface area contributed by atoms with Crippen molar-refractivity contribution in [3.8, 4) is 0 Å². The summed E-state index contributed by atoms with van der Waals surface area (Å²) < 4.78 is 0. The average Bonchev–Trinajstić information content (AvgIpc) is 2.60. The number of likely N-dealkylation sites (N-methyl/N-ethyl adjacent to an activating group) is 1. The largest absolute Gasteiger partial charge is 0.368 e. The van der Waals surface area contributed by atoms with E-state index in [0.717, 1.165) is 18.8 Å². The SMILES string of the molecule is CC1CN(c2cnnc(Cl)c2)CC1N(C)C. The summed E-state index contributed by atoms with van der Waals surface area (Å²) >= 11 is 5.85. The summed E-state index contributed by atoms with van der Waals surface area (Å²) in [5.74, 6) is 0.655. The molecule has 2 unspecified atom stereocenters. The third-order valence-corrected chi connectivity index (χ3v) is 3.40. The Labute approximate surface area is 101 Å². The molecular weight excluding hydrogens is 224 g/mol. The first-order valence-electron chi connectivity index (χ1n) is 5.47. The summed E-state index contributed by atoms with van der Waals surface area (Å²) in [5, 5.41) is 8.11. The normalized spacial score (nSPS) is 25.4. The van der Waals surface area contributed by atoms with E-state index in [2.05, 4.69) is 41.0 Å². The summed E-state index contributed by atoms with van der Waals surface area (Å²) in [7, 11) is 4.25. The predicted octanol–water partition coefficient (Wildman–Crippen LogP) is 1.52. The zero-order valence-electron chi connectivity index (χ0n) is 9.89. The molecule has 2 heterocycles. The molecule has 0 aromatic carbocycles. The van der Waals surface area contributed by atoms with Crippen LogP contribution in [-0.2, 0) is 0 Å². The zero-order chi connectivity index (χ0) is 11.7. The summed E-state index contributed by atoms with van der Waals surface area (Å²) in [6.45, 7) is 4.35. The van der Waals surface area contributed by atoms with Gasteiger partial charge >= 0.3 is 0 Å². The van der Waals surface area contributed by atoms with Crippen molar-refractivity contribution < 1.29 is 0 Å². The van der Waals surface area contributed by atoms with Gasteiger partial charge in [0, 0.05) is 25.2 Å². The summed E-state index contributed by atoms with van der Waals surface area (Å²) in [6, 6.07) is 2.46. The molecule has 5 heteroatoms. The van der Waals surface area contributed by atoms with E-state index >= 15 is 0 Å². The molecule has 0 aliphatic carbocycles. The van der Waals surface area contributed by atoms with Crippen LogP contribution in [0.2, 0.25) is 5.15 Å². The highest BCUT2D eigenvalue weighted by atomic mass is 35.5. The molecule has 1 aromatic rings. The van der Waals surface area contributed by atoms with Gasteiger partial charge in [0.15, 0.2) is 5.15 Å². The first-order valence-corrected chi connectivity index (χ1v) is 5.85. The average molecular weight is 241 g/mol. The van der Waals surface area contributed by atoms with Crippen LogP contribution in [-0.4, -0.2) is 48.3 Å². The number of hydrogen-bond donors (Lipinski definition) is 0. The molecule has 0 amide bonds. The summed E-state index contributed by atoms with van der Waals surface area (Å²) in [5.41, 5.74) is 1.07. The maximum atomic E-state index is 5.85. The van der Waals surface area contributed by atoms with Crippen LogP contribution in [0.4, 0.5) is 5.69 Å². The first kappa shape index (κ1) is 11.6. The molecule has 1 aliphatic heterocycles. The number of anilines is 1. The van der Waals surface area contributed by atoms with Crippen molar-refractivity contribution in [2.24, 2.45) is 5.92 Å². The van der Waals surface area contributed by atoms with Crippen LogP contribution in [0.1, 0.15) is 6.92 Å². The molecule has 0 saturated carbocycles. The zero-order valence-corrected chi connectivity index (χ0v) is 10.6. The lowest BCUT2D eigenvalue weighted by atomic mass is 10.1. The lowest BCUT2D eigenvalue weighted by molar-refractivity contribution is 0.266. The molecule has 0 radical (unpaired) electrons. The van der Waals surface area contributed by atoms with Gasteiger partial charge in [-0.2, -0.15) is 5.10 Å². The first-order chi connectivity index (χ1) is 7.58. The van der Waals surface area contributed by atoms with Crippen LogP contribution >= 0.6 is 11.6 Å². The number of aromatic nitrogens is 2. The van der Waals surface area contributed by atoms with E-state index in [1.54, 1.807) is 6.20 Å². The maximum Gasteiger partial charge on any atom is 0.153 e. The predicted molar refractivity (Wildman–Crippen MR) is 65.9 cm³/mol. The lowest BCUT2D eigenvalue weighted by Gasteiger charge is -2.22. The van der Waals surface area contributed by atoms with E-state index in [0.29, 0.717) is 17.1 Å². The number of nitrogens with zero attached hydrogens (tertiary/aromatic N) is 4. The number of rotatable bonds is 2. The Hall–Kier alpha value is -0.870. The van der Waals surface area contributed by atoms with Gasteiger partial charge in [0.25, 0.3) is 0 Å². The summed E-state index contributed by atoms with van der Waals surface area (Å²) in [4.78, 5) is 4.59. The Kier molecular flexibility index (Phi) is 3.30. The van der Waals surface area contributed by atoms with E-state index in [9.17, 15) is 0 Å². The Balaban J connectivity index is 2.13. The van der Waals surface area contributed by atoms with Crippen molar-refractivity contribution in [1.82, 2.24) is 15.1 Å². The van der Waals surface area contributed by atoms with Crippen LogP contribution in [0.3, 0.4) is 0 Å². The van der Waals surface area contributed by atoms with E-state index in [-0.39, 0.29) is 0 Å². The van der Waals surface area contributed by atoms with Crippen molar-refractivity contribution in [1.29, 1.82) is 0 Å². The Morgan fingerprint density at radius 2 is 2.19 bits per heavy atom. The fourth-order valence-electron chi connectivity index (χ4n) is 2.34. The fraction of sp³-hybridized carbons (Fsp3) is 0.636. The fourth-order valence-corrected chi connectivity index (χ4v) is 2.49. The highest BCUT2D eigenvalue weighted by Crippen LogP contribution is 2.26. The van der Waals surface area contributed by atoms with Crippen LogP contribution < -0.4 is 4.90 Å². The van der Waals surface area contributed by atoms with E-state index < -0.39 is 0 Å².